The first-order valence-corrected chi connectivity index (χ1v) is 11.5. The lowest BCUT2D eigenvalue weighted by molar-refractivity contribution is -0.130. The third kappa shape index (κ3) is 3.66. The van der Waals surface area contributed by atoms with Crippen molar-refractivity contribution < 1.29 is 19.7 Å². The topological polar surface area (TPSA) is 98.8 Å². The summed E-state index contributed by atoms with van der Waals surface area (Å²) in [6.07, 6.45) is 4.02. The van der Waals surface area contributed by atoms with E-state index in [0.717, 1.165) is 24.7 Å². The maximum Gasteiger partial charge on any atom is 0.174 e. The van der Waals surface area contributed by atoms with Crippen LogP contribution in [0.4, 0.5) is 0 Å². The first-order chi connectivity index (χ1) is 17.0. The number of aromatic nitrogens is 1. The summed E-state index contributed by atoms with van der Waals surface area (Å²) in [6, 6.07) is 19.8. The molecule has 35 heavy (non-hydrogen) atoms. The van der Waals surface area contributed by atoms with Gasteiger partial charge in [0, 0.05) is 25.5 Å². The molecule has 1 aromatic heterocycles. The number of fused-ring (bicyclic) bond motifs is 3. The van der Waals surface area contributed by atoms with Crippen molar-refractivity contribution in [1.82, 2.24) is 9.88 Å². The van der Waals surface area contributed by atoms with E-state index in [-0.39, 0.29) is 11.8 Å². The van der Waals surface area contributed by atoms with Gasteiger partial charge in [0.2, 0.25) is 0 Å². The predicted octanol–water partition coefficient (Wildman–Crippen LogP) is 3.41. The number of hydrogen-bond acceptors (Lipinski definition) is 7. The maximum atomic E-state index is 12.8. The number of pyridine rings is 1. The highest BCUT2D eigenvalue weighted by atomic mass is 16.5. The lowest BCUT2D eigenvalue weighted by atomic mass is 9.70. The highest BCUT2D eigenvalue weighted by Gasteiger charge is 2.73. The minimum absolute atomic E-state index is 0.126. The van der Waals surface area contributed by atoms with Crippen LogP contribution in [0.2, 0.25) is 0 Å². The van der Waals surface area contributed by atoms with Gasteiger partial charge in [0.15, 0.2) is 5.60 Å². The molecule has 182 valence electrons. The molecule has 4 atom stereocenters. The van der Waals surface area contributed by atoms with Crippen molar-refractivity contribution in [3.63, 3.8) is 0 Å². The van der Waals surface area contributed by atoms with E-state index in [1.165, 1.54) is 0 Å². The van der Waals surface area contributed by atoms with Gasteiger partial charge in [0.1, 0.15) is 17.1 Å². The molecule has 1 fully saturated rings. The van der Waals surface area contributed by atoms with Gasteiger partial charge < -0.3 is 24.6 Å². The summed E-state index contributed by atoms with van der Waals surface area (Å²) in [7, 11) is 6.62. The standard InChI is InChI=1S/C27H27N3O3.CH4O/c1-30(2)17-21-13-22(19-7-5-4-6-8-19)27(20-11-9-18(14-28)10-12-20)26(21,31)25-23(32-3)15-29-16-24(25)33-27;1-2/h4-12,15-16,21-22,31H,13,17H2,1-3H3;2H,1H3. The van der Waals surface area contributed by atoms with E-state index >= 15 is 0 Å². The average Bonchev–Trinajstić information content (AvgIpc) is 3.31. The van der Waals surface area contributed by atoms with E-state index in [1.807, 2.05) is 44.4 Å². The van der Waals surface area contributed by atoms with E-state index < -0.39 is 11.2 Å². The molecule has 2 aromatic carbocycles. The molecule has 0 radical (unpaired) electrons. The Morgan fingerprint density at radius 3 is 2.40 bits per heavy atom. The molecule has 2 N–H and O–H groups in total. The molecule has 5 rings (SSSR count). The Balaban J connectivity index is 0.00000141. The number of nitriles is 1. The van der Waals surface area contributed by atoms with Gasteiger partial charge in [-0.25, -0.2) is 0 Å². The van der Waals surface area contributed by atoms with E-state index in [4.69, 9.17) is 14.6 Å². The van der Waals surface area contributed by atoms with Crippen molar-refractivity contribution in [1.29, 1.82) is 5.26 Å². The van der Waals surface area contributed by atoms with Crippen LogP contribution in [0.5, 0.6) is 11.5 Å². The van der Waals surface area contributed by atoms with Gasteiger partial charge in [-0.3, -0.25) is 4.98 Å². The van der Waals surface area contributed by atoms with Gasteiger partial charge >= 0.3 is 0 Å². The Kier molecular flexibility index (Phi) is 6.82. The SMILES string of the molecule is CO.COc1cncc2c1C1(O)C(CN(C)C)CC(c3ccccc3)C1(c1ccc(C#N)cc1)O2. The number of benzene rings is 2. The fourth-order valence-electron chi connectivity index (χ4n) is 5.91. The van der Waals surface area contributed by atoms with Gasteiger partial charge in [0.25, 0.3) is 0 Å². The molecular formula is C28H31N3O4. The number of nitrogens with zero attached hydrogens (tertiary/aromatic N) is 3. The van der Waals surface area contributed by atoms with Gasteiger partial charge in [-0.15, -0.1) is 0 Å². The fourth-order valence-corrected chi connectivity index (χ4v) is 5.91. The molecule has 4 unspecified atom stereocenters. The number of aliphatic hydroxyl groups is 2. The fraction of sp³-hybridized carbons (Fsp3) is 0.357. The lowest BCUT2D eigenvalue weighted by Gasteiger charge is -2.42. The van der Waals surface area contributed by atoms with Gasteiger partial charge in [-0.1, -0.05) is 42.5 Å². The van der Waals surface area contributed by atoms with Crippen molar-refractivity contribution in [3.8, 4) is 17.6 Å². The number of methoxy groups -OCH3 is 1. The van der Waals surface area contributed by atoms with Crippen LogP contribution in [0.15, 0.2) is 67.0 Å². The summed E-state index contributed by atoms with van der Waals surface area (Å²) < 4.78 is 12.5. The van der Waals surface area contributed by atoms with Crippen LogP contribution in [0.3, 0.4) is 0 Å². The Morgan fingerprint density at radius 2 is 1.80 bits per heavy atom. The molecule has 0 amide bonds. The zero-order valence-corrected chi connectivity index (χ0v) is 20.5. The molecule has 2 aliphatic rings. The van der Waals surface area contributed by atoms with E-state index in [1.54, 1.807) is 31.6 Å². The minimum Gasteiger partial charge on any atom is -0.495 e. The number of rotatable bonds is 5. The number of ether oxygens (including phenoxy) is 2. The van der Waals surface area contributed by atoms with Crippen LogP contribution >= 0.6 is 0 Å². The van der Waals surface area contributed by atoms with Crippen LogP contribution in [0, 0.1) is 17.2 Å². The smallest absolute Gasteiger partial charge is 0.174 e. The maximum absolute atomic E-state index is 12.8. The second kappa shape index (κ2) is 9.67. The lowest BCUT2D eigenvalue weighted by Crippen LogP contribution is -2.51. The van der Waals surface area contributed by atoms with Crippen LogP contribution in [-0.2, 0) is 11.2 Å². The third-order valence-electron chi connectivity index (χ3n) is 7.15. The Bertz CT molecular complexity index is 1210. The van der Waals surface area contributed by atoms with E-state index in [2.05, 4.69) is 28.1 Å². The van der Waals surface area contributed by atoms with Crippen LogP contribution in [0.25, 0.3) is 0 Å². The molecule has 7 nitrogen and oxygen atoms in total. The summed E-state index contributed by atoms with van der Waals surface area (Å²) in [5.74, 6) is 0.790. The van der Waals surface area contributed by atoms with E-state index in [9.17, 15) is 10.4 Å². The monoisotopic (exact) mass is 473 g/mol. The molecule has 0 bridgehead atoms. The molecule has 0 spiro atoms. The molecule has 3 aromatic rings. The molecule has 1 aliphatic heterocycles. The average molecular weight is 474 g/mol. The molecule has 1 saturated carbocycles. The van der Waals surface area contributed by atoms with Gasteiger partial charge in [0.05, 0.1) is 36.7 Å². The Morgan fingerprint density at radius 1 is 1.11 bits per heavy atom. The Labute approximate surface area is 206 Å². The van der Waals surface area contributed by atoms with Gasteiger partial charge in [-0.05, 0) is 43.8 Å². The molecule has 7 heteroatoms. The number of aliphatic hydroxyl groups excluding tert-OH is 1. The minimum atomic E-state index is -1.37. The van der Waals surface area contributed by atoms with E-state index in [0.29, 0.717) is 29.2 Å². The van der Waals surface area contributed by atoms with Crippen LogP contribution < -0.4 is 9.47 Å². The van der Waals surface area contributed by atoms with Crippen molar-refractivity contribution in [2.75, 3.05) is 34.9 Å². The normalized spacial score (nSPS) is 26.1. The second-order valence-electron chi connectivity index (χ2n) is 9.17. The van der Waals surface area contributed by atoms with Crippen molar-refractivity contribution in [3.05, 3.63) is 89.2 Å². The molecule has 1 aliphatic carbocycles. The third-order valence-corrected chi connectivity index (χ3v) is 7.15. The summed E-state index contributed by atoms with van der Waals surface area (Å²) in [6.45, 7) is 0.673. The first-order valence-electron chi connectivity index (χ1n) is 11.5. The van der Waals surface area contributed by atoms with Crippen LogP contribution in [-0.4, -0.2) is 55.0 Å². The summed E-state index contributed by atoms with van der Waals surface area (Å²) in [4.78, 5) is 6.41. The van der Waals surface area contributed by atoms with Crippen molar-refractivity contribution >= 4 is 0 Å². The van der Waals surface area contributed by atoms with Crippen molar-refractivity contribution in [2.24, 2.45) is 5.92 Å². The largest absolute Gasteiger partial charge is 0.495 e. The summed E-state index contributed by atoms with van der Waals surface area (Å²) in [5.41, 5.74) is 0.679. The molecule has 0 saturated heterocycles. The summed E-state index contributed by atoms with van der Waals surface area (Å²) >= 11 is 0. The quantitative estimate of drug-likeness (QED) is 0.586. The Hall–Kier alpha value is -3.44. The van der Waals surface area contributed by atoms with Crippen molar-refractivity contribution in [2.45, 2.75) is 23.5 Å². The number of hydrogen-bond donors (Lipinski definition) is 2. The zero-order valence-electron chi connectivity index (χ0n) is 20.5. The second-order valence-corrected chi connectivity index (χ2v) is 9.17. The highest BCUT2D eigenvalue weighted by molar-refractivity contribution is 5.58. The first kappa shape index (κ1) is 24.7. The zero-order chi connectivity index (χ0) is 25.2. The molecular weight excluding hydrogens is 442 g/mol. The van der Waals surface area contributed by atoms with Gasteiger partial charge in [-0.2, -0.15) is 5.26 Å². The van der Waals surface area contributed by atoms with Crippen LogP contribution in [0.1, 0.15) is 34.6 Å². The highest BCUT2D eigenvalue weighted by Crippen LogP contribution is 2.69. The molecule has 2 heterocycles. The predicted molar refractivity (Wildman–Crippen MR) is 132 cm³/mol. The summed E-state index contributed by atoms with van der Waals surface area (Å²) in [5, 5.41) is 29.2.